The number of benzene rings is 1. The highest BCUT2D eigenvalue weighted by molar-refractivity contribution is 14.0. The molecule has 1 aromatic carbocycles. The average molecular weight is 548 g/mol. The SMILES string of the molecule is CCNC(=NCC(C)(O)CN1CCOCC1)NCC(c1ccc(CC)cc1)N(C)C.I. The largest absolute Gasteiger partial charge is 0.387 e. The van der Waals surface area contributed by atoms with Gasteiger partial charge in [0.05, 0.1) is 31.4 Å². The van der Waals surface area contributed by atoms with Gasteiger partial charge in [0.2, 0.25) is 0 Å². The van der Waals surface area contributed by atoms with E-state index in [9.17, 15) is 5.11 Å². The number of ether oxygens (including phenoxy) is 1. The summed E-state index contributed by atoms with van der Waals surface area (Å²) in [5.74, 6) is 0.733. The molecule has 2 atom stereocenters. The zero-order valence-corrected chi connectivity index (χ0v) is 22.2. The maximum Gasteiger partial charge on any atom is 0.191 e. The van der Waals surface area contributed by atoms with Crippen molar-refractivity contribution in [2.24, 2.45) is 4.99 Å². The van der Waals surface area contributed by atoms with Crippen LogP contribution in [0.4, 0.5) is 0 Å². The first-order valence-corrected chi connectivity index (χ1v) is 11.1. The summed E-state index contributed by atoms with van der Waals surface area (Å²) in [5, 5.41) is 17.6. The van der Waals surface area contributed by atoms with Crippen LogP contribution in [0.3, 0.4) is 0 Å². The van der Waals surface area contributed by atoms with Gasteiger partial charge in [-0.3, -0.25) is 9.89 Å². The smallest absolute Gasteiger partial charge is 0.191 e. The minimum absolute atomic E-state index is 0. The molecular formula is C23H42IN5O2. The molecular weight excluding hydrogens is 505 g/mol. The zero-order chi connectivity index (χ0) is 22.0. The van der Waals surface area contributed by atoms with Crippen LogP contribution in [0, 0.1) is 0 Å². The maximum absolute atomic E-state index is 10.8. The molecule has 1 saturated heterocycles. The number of hydrogen-bond donors (Lipinski definition) is 3. The number of aliphatic hydroxyl groups is 1. The Morgan fingerprint density at radius 2 is 1.84 bits per heavy atom. The van der Waals surface area contributed by atoms with Gasteiger partial charge in [0.25, 0.3) is 0 Å². The summed E-state index contributed by atoms with van der Waals surface area (Å²) in [4.78, 5) is 9.12. The molecule has 1 fully saturated rings. The minimum atomic E-state index is -0.878. The molecule has 1 aromatic rings. The first-order valence-electron chi connectivity index (χ1n) is 11.1. The Bertz CT molecular complexity index is 646. The molecule has 0 saturated carbocycles. The van der Waals surface area contributed by atoms with Gasteiger partial charge in [-0.2, -0.15) is 0 Å². The molecule has 2 rings (SSSR count). The molecule has 31 heavy (non-hydrogen) atoms. The molecule has 0 amide bonds. The van der Waals surface area contributed by atoms with Crippen LogP contribution in [-0.4, -0.2) is 93.0 Å². The van der Waals surface area contributed by atoms with E-state index < -0.39 is 5.60 Å². The molecule has 0 spiro atoms. The monoisotopic (exact) mass is 547 g/mol. The van der Waals surface area contributed by atoms with Crippen molar-refractivity contribution in [2.45, 2.75) is 38.8 Å². The van der Waals surface area contributed by atoms with Gasteiger partial charge < -0.3 is 25.4 Å². The third kappa shape index (κ3) is 10.0. The number of aliphatic imine (C=N–C) groups is 1. The second-order valence-electron chi connectivity index (χ2n) is 8.54. The summed E-state index contributed by atoms with van der Waals surface area (Å²) < 4.78 is 5.39. The average Bonchev–Trinajstić information content (AvgIpc) is 2.72. The van der Waals surface area contributed by atoms with Crippen molar-refractivity contribution in [1.29, 1.82) is 0 Å². The van der Waals surface area contributed by atoms with Crippen LogP contribution in [0.25, 0.3) is 0 Å². The van der Waals surface area contributed by atoms with Gasteiger partial charge in [0.1, 0.15) is 0 Å². The second-order valence-corrected chi connectivity index (χ2v) is 8.54. The number of aryl methyl sites for hydroxylation is 1. The van der Waals surface area contributed by atoms with E-state index >= 15 is 0 Å². The Morgan fingerprint density at radius 1 is 1.19 bits per heavy atom. The summed E-state index contributed by atoms with van der Waals surface area (Å²) in [7, 11) is 4.19. The molecule has 2 unspecified atom stereocenters. The summed E-state index contributed by atoms with van der Waals surface area (Å²) in [6, 6.07) is 9.06. The van der Waals surface area contributed by atoms with Crippen LogP contribution in [0.15, 0.2) is 29.3 Å². The Labute approximate surface area is 205 Å². The van der Waals surface area contributed by atoms with Crippen LogP contribution >= 0.6 is 24.0 Å². The van der Waals surface area contributed by atoms with E-state index in [2.05, 4.69) is 77.6 Å². The standard InChI is InChI=1S/C23H41N5O2.HI/c1-6-19-8-10-20(11-9-19)21(27(4)5)16-25-22(24-7-2)26-17-23(3,29)18-28-12-14-30-15-13-28;/h8-11,21,29H,6-7,12-18H2,1-5H3,(H2,24,25,26);1H. The molecule has 0 aromatic heterocycles. The fourth-order valence-corrected chi connectivity index (χ4v) is 3.65. The number of rotatable bonds is 10. The van der Waals surface area contributed by atoms with Crippen molar-refractivity contribution in [3.05, 3.63) is 35.4 Å². The molecule has 3 N–H and O–H groups in total. The lowest BCUT2D eigenvalue weighted by Gasteiger charge is -2.33. The van der Waals surface area contributed by atoms with Crippen molar-refractivity contribution in [3.63, 3.8) is 0 Å². The Morgan fingerprint density at radius 3 is 2.39 bits per heavy atom. The van der Waals surface area contributed by atoms with Gasteiger partial charge in [-0.25, -0.2) is 0 Å². The van der Waals surface area contributed by atoms with E-state index in [4.69, 9.17) is 4.74 Å². The normalized spacial score (nSPS) is 18.2. The van der Waals surface area contributed by atoms with Crippen molar-refractivity contribution >= 4 is 29.9 Å². The lowest BCUT2D eigenvalue weighted by atomic mass is 10.0. The number of halogens is 1. The minimum Gasteiger partial charge on any atom is -0.387 e. The summed E-state index contributed by atoms with van der Waals surface area (Å²) in [6.45, 7) is 11.7. The zero-order valence-electron chi connectivity index (χ0n) is 19.9. The van der Waals surface area contributed by atoms with Crippen LogP contribution in [0.1, 0.15) is 37.9 Å². The van der Waals surface area contributed by atoms with Crippen LogP contribution in [0.5, 0.6) is 0 Å². The number of hydrogen-bond acceptors (Lipinski definition) is 5. The van der Waals surface area contributed by atoms with Crippen LogP contribution in [-0.2, 0) is 11.2 Å². The Balaban J connectivity index is 0.00000480. The lowest BCUT2D eigenvalue weighted by molar-refractivity contribution is -0.0180. The van der Waals surface area contributed by atoms with Gasteiger partial charge in [-0.1, -0.05) is 31.2 Å². The maximum atomic E-state index is 10.8. The van der Waals surface area contributed by atoms with Gasteiger partial charge in [0.15, 0.2) is 5.96 Å². The van der Waals surface area contributed by atoms with E-state index in [1.54, 1.807) is 0 Å². The first-order chi connectivity index (χ1) is 14.3. The summed E-state index contributed by atoms with van der Waals surface area (Å²) in [5.41, 5.74) is 1.75. The highest BCUT2D eigenvalue weighted by Gasteiger charge is 2.25. The third-order valence-corrected chi connectivity index (χ3v) is 5.45. The highest BCUT2D eigenvalue weighted by Crippen LogP contribution is 2.18. The van der Waals surface area contributed by atoms with E-state index in [1.165, 1.54) is 11.1 Å². The van der Waals surface area contributed by atoms with Gasteiger partial charge >= 0.3 is 0 Å². The molecule has 0 aliphatic carbocycles. The number of likely N-dealkylation sites (N-methyl/N-ethyl adjacent to an activating group) is 1. The number of β-amino-alcohol motifs (C(OH)–C–C–N with tert-alkyl or cyclic N) is 1. The van der Waals surface area contributed by atoms with Gasteiger partial charge in [-0.05, 0) is 45.5 Å². The van der Waals surface area contributed by atoms with Crippen molar-refractivity contribution in [2.75, 3.05) is 66.6 Å². The highest BCUT2D eigenvalue weighted by atomic mass is 127. The van der Waals surface area contributed by atoms with Crippen molar-refractivity contribution in [3.8, 4) is 0 Å². The molecule has 1 heterocycles. The topological polar surface area (TPSA) is 72.4 Å². The predicted octanol–water partition coefficient (Wildman–Crippen LogP) is 2.11. The van der Waals surface area contributed by atoms with Crippen LogP contribution < -0.4 is 10.6 Å². The molecule has 7 nitrogen and oxygen atoms in total. The molecule has 8 heteroatoms. The number of nitrogens with zero attached hydrogens (tertiary/aromatic N) is 3. The second kappa shape index (κ2) is 14.3. The van der Waals surface area contributed by atoms with Gasteiger partial charge in [-0.15, -0.1) is 24.0 Å². The van der Waals surface area contributed by atoms with E-state index in [0.717, 1.165) is 51.8 Å². The first kappa shape index (κ1) is 28.1. The predicted molar refractivity (Wildman–Crippen MR) is 140 cm³/mol. The summed E-state index contributed by atoms with van der Waals surface area (Å²) >= 11 is 0. The molecule has 178 valence electrons. The lowest BCUT2D eigenvalue weighted by Crippen LogP contribution is -2.48. The molecule has 0 radical (unpaired) electrons. The van der Waals surface area contributed by atoms with Crippen LogP contribution in [0.2, 0.25) is 0 Å². The summed E-state index contributed by atoms with van der Waals surface area (Å²) in [6.07, 6.45) is 1.05. The van der Waals surface area contributed by atoms with E-state index in [0.29, 0.717) is 13.1 Å². The van der Waals surface area contributed by atoms with Gasteiger partial charge in [0, 0.05) is 32.7 Å². The Hall–Kier alpha value is -0.940. The van der Waals surface area contributed by atoms with Crippen molar-refractivity contribution in [1.82, 2.24) is 20.4 Å². The van der Waals surface area contributed by atoms with Crippen molar-refractivity contribution < 1.29 is 9.84 Å². The quantitative estimate of drug-likeness (QED) is 0.237. The fourth-order valence-electron chi connectivity index (χ4n) is 3.65. The number of morpholine rings is 1. The number of nitrogens with one attached hydrogen (secondary N) is 2. The third-order valence-electron chi connectivity index (χ3n) is 5.45. The molecule has 1 aliphatic heterocycles. The molecule has 1 aliphatic rings. The number of guanidine groups is 1. The Kier molecular flexibility index (Phi) is 12.9. The van der Waals surface area contributed by atoms with E-state index in [1.807, 2.05) is 6.92 Å². The van der Waals surface area contributed by atoms with E-state index in [-0.39, 0.29) is 30.0 Å². The molecule has 0 bridgehead atoms. The fraction of sp³-hybridized carbons (Fsp3) is 0.696.